The maximum absolute atomic E-state index is 11.9. The number of nitro groups is 1. The lowest BCUT2D eigenvalue weighted by Crippen LogP contribution is -2.23. The number of rotatable bonds is 4. The normalized spacial score (nSPS) is 11.7. The molecule has 1 amide bonds. The molecule has 0 spiro atoms. The predicted octanol–water partition coefficient (Wildman–Crippen LogP) is 1.48. The highest BCUT2D eigenvalue weighted by Gasteiger charge is 2.24. The average molecular weight is 266 g/mol. The number of hydrogen-bond donors (Lipinski definition) is 1. The molecule has 0 aromatic heterocycles. The number of carbonyl (C=O) groups is 2. The summed E-state index contributed by atoms with van der Waals surface area (Å²) < 4.78 is 0. The summed E-state index contributed by atoms with van der Waals surface area (Å²) in [7, 11) is 2.94. The predicted molar refractivity (Wildman–Crippen MR) is 67.2 cm³/mol. The first-order valence-electron chi connectivity index (χ1n) is 5.48. The van der Waals surface area contributed by atoms with Gasteiger partial charge in [0.05, 0.1) is 10.8 Å². The maximum atomic E-state index is 11.9. The minimum atomic E-state index is -1.06. The summed E-state index contributed by atoms with van der Waals surface area (Å²) in [4.78, 5) is 34.2. The molecule has 0 fully saturated rings. The third kappa shape index (κ3) is 3.06. The Labute approximate surface area is 109 Å². The summed E-state index contributed by atoms with van der Waals surface area (Å²) >= 11 is 0. The van der Waals surface area contributed by atoms with Crippen molar-refractivity contribution in [3.8, 4) is 0 Å². The Kier molecular flexibility index (Phi) is 4.21. The number of aliphatic carboxylic acids is 1. The van der Waals surface area contributed by atoms with Gasteiger partial charge in [0.15, 0.2) is 0 Å². The zero-order chi connectivity index (χ0) is 14.7. The van der Waals surface area contributed by atoms with Crippen molar-refractivity contribution in [2.24, 2.45) is 0 Å². The summed E-state index contributed by atoms with van der Waals surface area (Å²) in [5.41, 5.74) is -0.0936. The highest BCUT2D eigenvalue weighted by molar-refractivity contribution is 5.98. The van der Waals surface area contributed by atoms with Crippen LogP contribution in [0.15, 0.2) is 18.2 Å². The van der Waals surface area contributed by atoms with E-state index in [0.717, 1.165) is 6.07 Å². The van der Waals surface area contributed by atoms with Gasteiger partial charge < -0.3 is 10.0 Å². The third-order valence-corrected chi connectivity index (χ3v) is 2.72. The Bertz CT molecular complexity index is 539. The monoisotopic (exact) mass is 266 g/mol. The number of carbonyl (C=O) groups excluding carboxylic acids is 1. The number of nitrogens with zero attached hydrogens (tertiary/aromatic N) is 2. The minimum absolute atomic E-state index is 0.111. The maximum Gasteiger partial charge on any atom is 0.310 e. The molecule has 0 saturated heterocycles. The second-order valence-electron chi connectivity index (χ2n) is 4.29. The van der Waals surface area contributed by atoms with Crippen LogP contribution >= 0.6 is 0 Å². The molecule has 1 rings (SSSR count). The number of amides is 1. The second-order valence-corrected chi connectivity index (χ2v) is 4.29. The molecule has 1 N–H and O–H groups in total. The van der Waals surface area contributed by atoms with E-state index >= 15 is 0 Å². The van der Waals surface area contributed by atoms with Crippen LogP contribution in [0.5, 0.6) is 0 Å². The van der Waals surface area contributed by atoms with Crippen LogP contribution in [-0.2, 0) is 4.79 Å². The van der Waals surface area contributed by atoms with E-state index in [0.29, 0.717) is 5.56 Å². The Morgan fingerprint density at radius 1 is 1.37 bits per heavy atom. The van der Waals surface area contributed by atoms with E-state index < -0.39 is 22.7 Å². The zero-order valence-corrected chi connectivity index (χ0v) is 10.8. The van der Waals surface area contributed by atoms with Gasteiger partial charge >= 0.3 is 5.97 Å². The van der Waals surface area contributed by atoms with Crippen molar-refractivity contribution >= 4 is 17.6 Å². The standard InChI is InChI=1S/C12H14N2O5/c1-7(12(16)17)8-4-5-10(14(18)19)9(6-8)11(15)13(2)3/h4-7H,1-3H3,(H,16,17). The van der Waals surface area contributed by atoms with Gasteiger partial charge in [-0.3, -0.25) is 19.7 Å². The molecule has 1 aromatic carbocycles. The van der Waals surface area contributed by atoms with E-state index in [2.05, 4.69) is 0 Å². The molecule has 1 atom stereocenters. The van der Waals surface area contributed by atoms with Gasteiger partial charge in [0.25, 0.3) is 11.6 Å². The average Bonchev–Trinajstić information content (AvgIpc) is 2.35. The van der Waals surface area contributed by atoms with E-state index in [4.69, 9.17) is 5.11 Å². The summed E-state index contributed by atoms with van der Waals surface area (Å²) in [6, 6.07) is 3.77. The van der Waals surface area contributed by atoms with Crippen LogP contribution in [0, 0.1) is 10.1 Å². The van der Waals surface area contributed by atoms with Crippen LogP contribution in [0.1, 0.15) is 28.8 Å². The first kappa shape index (κ1) is 14.6. The summed E-state index contributed by atoms with van der Waals surface area (Å²) in [6.45, 7) is 1.45. The van der Waals surface area contributed by atoms with Crippen molar-refractivity contribution in [3.05, 3.63) is 39.4 Å². The molecule has 0 aliphatic carbocycles. The fourth-order valence-corrected chi connectivity index (χ4v) is 1.54. The molecule has 7 nitrogen and oxygen atoms in total. The molecule has 0 aliphatic heterocycles. The van der Waals surface area contributed by atoms with E-state index in [9.17, 15) is 19.7 Å². The molecular formula is C12H14N2O5. The fraction of sp³-hybridized carbons (Fsp3) is 0.333. The smallest absolute Gasteiger partial charge is 0.310 e. The van der Waals surface area contributed by atoms with E-state index in [1.54, 1.807) is 0 Å². The van der Waals surface area contributed by atoms with Crippen LogP contribution in [-0.4, -0.2) is 40.9 Å². The molecule has 0 saturated carbocycles. The van der Waals surface area contributed by atoms with E-state index in [-0.39, 0.29) is 11.3 Å². The summed E-state index contributed by atoms with van der Waals surface area (Å²) in [5.74, 6) is -2.43. The van der Waals surface area contributed by atoms with Crippen molar-refractivity contribution in [1.29, 1.82) is 0 Å². The number of hydrogen-bond acceptors (Lipinski definition) is 4. The number of carboxylic acid groups (broad SMARTS) is 1. The Morgan fingerprint density at radius 2 is 1.95 bits per heavy atom. The van der Waals surface area contributed by atoms with E-state index in [1.807, 2.05) is 0 Å². The molecular weight excluding hydrogens is 252 g/mol. The fourth-order valence-electron chi connectivity index (χ4n) is 1.54. The van der Waals surface area contributed by atoms with Crippen LogP contribution in [0.3, 0.4) is 0 Å². The summed E-state index contributed by atoms with van der Waals surface area (Å²) in [6.07, 6.45) is 0. The third-order valence-electron chi connectivity index (χ3n) is 2.72. The number of carboxylic acids is 1. The van der Waals surface area contributed by atoms with Crippen LogP contribution in [0.2, 0.25) is 0 Å². The highest BCUT2D eigenvalue weighted by Crippen LogP contribution is 2.25. The molecule has 102 valence electrons. The first-order chi connectivity index (χ1) is 8.75. The molecule has 1 aromatic rings. The van der Waals surface area contributed by atoms with Crippen molar-refractivity contribution < 1.29 is 19.6 Å². The van der Waals surface area contributed by atoms with E-state index in [1.165, 1.54) is 38.1 Å². The van der Waals surface area contributed by atoms with Crippen LogP contribution in [0.25, 0.3) is 0 Å². The van der Waals surface area contributed by atoms with Crippen molar-refractivity contribution in [2.45, 2.75) is 12.8 Å². The Hall–Kier alpha value is -2.44. The van der Waals surface area contributed by atoms with Crippen molar-refractivity contribution in [1.82, 2.24) is 4.90 Å². The zero-order valence-electron chi connectivity index (χ0n) is 10.8. The molecule has 19 heavy (non-hydrogen) atoms. The second kappa shape index (κ2) is 5.47. The number of nitro benzene ring substituents is 1. The molecule has 0 radical (unpaired) electrons. The van der Waals surface area contributed by atoms with Crippen molar-refractivity contribution in [3.63, 3.8) is 0 Å². The first-order valence-corrected chi connectivity index (χ1v) is 5.48. The molecule has 1 unspecified atom stereocenters. The SMILES string of the molecule is CC(C(=O)O)c1ccc([N+](=O)[O-])c(C(=O)N(C)C)c1. The van der Waals surface area contributed by atoms with Crippen LogP contribution in [0.4, 0.5) is 5.69 Å². The summed E-state index contributed by atoms with van der Waals surface area (Å²) in [5, 5.41) is 19.8. The molecule has 0 aliphatic rings. The van der Waals surface area contributed by atoms with Crippen LogP contribution < -0.4 is 0 Å². The van der Waals surface area contributed by atoms with Gasteiger partial charge in [-0.05, 0) is 18.6 Å². The topological polar surface area (TPSA) is 101 Å². The molecule has 0 heterocycles. The van der Waals surface area contributed by atoms with Gasteiger partial charge in [-0.25, -0.2) is 0 Å². The minimum Gasteiger partial charge on any atom is -0.481 e. The van der Waals surface area contributed by atoms with Gasteiger partial charge in [-0.1, -0.05) is 6.07 Å². The lowest BCUT2D eigenvalue weighted by Gasteiger charge is -2.13. The van der Waals surface area contributed by atoms with Gasteiger partial charge in [0, 0.05) is 20.2 Å². The van der Waals surface area contributed by atoms with Gasteiger partial charge in [-0.15, -0.1) is 0 Å². The molecule has 0 bridgehead atoms. The van der Waals surface area contributed by atoms with Gasteiger partial charge in [0.2, 0.25) is 0 Å². The Balaban J connectivity index is 3.38. The lowest BCUT2D eigenvalue weighted by atomic mass is 9.98. The van der Waals surface area contributed by atoms with Crippen molar-refractivity contribution in [2.75, 3.05) is 14.1 Å². The van der Waals surface area contributed by atoms with Gasteiger partial charge in [-0.2, -0.15) is 0 Å². The van der Waals surface area contributed by atoms with Gasteiger partial charge in [0.1, 0.15) is 5.56 Å². The quantitative estimate of drug-likeness (QED) is 0.657. The Morgan fingerprint density at radius 3 is 2.37 bits per heavy atom. The molecule has 7 heteroatoms. The number of benzene rings is 1. The largest absolute Gasteiger partial charge is 0.481 e. The highest BCUT2D eigenvalue weighted by atomic mass is 16.6. The lowest BCUT2D eigenvalue weighted by molar-refractivity contribution is -0.385.